The molecule has 0 atom stereocenters. The zero-order valence-corrected chi connectivity index (χ0v) is 13.2. The monoisotopic (exact) mass is 325 g/mol. The lowest BCUT2D eigenvalue weighted by atomic mass is 10.1. The number of hydrogen-bond acceptors (Lipinski definition) is 2. The summed E-state index contributed by atoms with van der Waals surface area (Å²) in [5, 5.41) is 3.78. The molecule has 0 saturated heterocycles. The van der Waals surface area contributed by atoms with E-state index in [4.69, 9.17) is 0 Å². The third-order valence-corrected chi connectivity index (χ3v) is 3.74. The molecule has 0 aliphatic carbocycles. The van der Waals surface area contributed by atoms with E-state index >= 15 is 0 Å². The van der Waals surface area contributed by atoms with Gasteiger partial charge in [0.1, 0.15) is 5.82 Å². The molecule has 1 aromatic heterocycles. The summed E-state index contributed by atoms with van der Waals surface area (Å²) in [5.41, 5.74) is 1.75. The Morgan fingerprint density at radius 2 is 1.87 bits per heavy atom. The summed E-state index contributed by atoms with van der Waals surface area (Å²) in [5.74, 6) is -0.638. The number of hydrogen-bond donors (Lipinski definition) is 0. The van der Waals surface area contributed by atoms with Gasteiger partial charge < -0.3 is 4.90 Å². The van der Waals surface area contributed by atoms with Gasteiger partial charge in [-0.25, -0.2) is 9.07 Å². The Morgan fingerprint density at radius 3 is 2.35 bits per heavy atom. The first-order valence-electron chi connectivity index (χ1n) is 7.23. The Morgan fingerprint density at radius 1 is 1.26 bits per heavy atom. The number of nitrogens with zero attached hydrogens (tertiary/aromatic N) is 3. The van der Waals surface area contributed by atoms with Crippen molar-refractivity contribution in [1.82, 2.24) is 9.78 Å². The van der Waals surface area contributed by atoms with Gasteiger partial charge in [0.15, 0.2) is 0 Å². The van der Waals surface area contributed by atoms with E-state index in [-0.39, 0.29) is 23.8 Å². The van der Waals surface area contributed by atoms with Gasteiger partial charge in [-0.2, -0.15) is 13.9 Å². The zero-order chi connectivity index (χ0) is 17.1. The van der Waals surface area contributed by atoms with Crippen molar-refractivity contribution < 1.29 is 18.0 Å². The number of rotatable bonds is 5. The number of carbonyl (C=O) groups is 1. The van der Waals surface area contributed by atoms with Gasteiger partial charge in [0.05, 0.1) is 12.1 Å². The first-order valence-corrected chi connectivity index (χ1v) is 7.23. The number of carbonyl (C=O) groups excluding carboxylic acids is 1. The molecule has 1 amide bonds. The minimum absolute atomic E-state index is 0.0321. The third kappa shape index (κ3) is 3.55. The van der Waals surface area contributed by atoms with Crippen LogP contribution in [0.25, 0.3) is 0 Å². The second kappa shape index (κ2) is 6.85. The lowest BCUT2D eigenvalue weighted by Crippen LogP contribution is -2.32. The molecule has 2 aromatic rings. The molecule has 7 heteroatoms. The van der Waals surface area contributed by atoms with Gasteiger partial charge >= 0.3 is 6.55 Å². The molecule has 2 rings (SSSR count). The Balaban J connectivity index is 2.25. The zero-order valence-electron chi connectivity index (χ0n) is 13.2. The Hall–Kier alpha value is -2.31. The summed E-state index contributed by atoms with van der Waals surface area (Å²) >= 11 is 0. The smallest absolute Gasteiger partial charge is 0.312 e. The standard InChI is InChI=1S/C16H18F3N3O/c1-4-21(13-7-5-12(17)6-8-13)15(23)9-14-10(2)20-22(11(14)3)16(18)19/h5-8,16H,4,9H2,1-3H3. The largest absolute Gasteiger partial charge is 0.333 e. The second-order valence-electron chi connectivity index (χ2n) is 5.16. The van der Waals surface area contributed by atoms with E-state index in [1.807, 2.05) is 0 Å². The molecule has 0 fully saturated rings. The molecule has 0 aliphatic rings. The van der Waals surface area contributed by atoms with Crippen molar-refractivity contribution in [3.05, 3.63) is 47.0 Å². The molecular formula is C16H18F3N3O. The highest BCUT2D eigenvalue weighted by atomic mass is 19.3. The van der Waals surface area contributed by atoms with E-state index in [0.717, 1.165) is 0 Å². The molecule has 0 N–H and O–H groups in total. The average molecular weight is 325 g/mol. The predicted octanol–water partition coefficient (Wildman–Crippen LogP) is 3.63. The quantitative estimate of drug-likeness (QED) is 0.842. The number of halogens is 3. The maximum atomic E-state index is 13.0. The van der Waals surface area contributed by atoms with Crippen LogP contribution in [0.15, 0.2) is 24.3 Å². The lowest BCUT2D eigenvalue weighted by molar-refractivity contribution is -0.118. The van der Waals surface area contributed by atoms with Crippen LogP contribution in [0, 0.1) is 19.7 Å². The van der Waals surface area contributed by atoms with Crippen molar-refractivity contribution in [2.45, 2.75) is 33.7 Å². The summed E-state index contributed by atoms with van der Waals surface area (Å²) in [4.78, 5) is 14.0. The predicted molar refractivity (Wildman–Crippen MR) is 81.1 cm³/mol. The molecular weight excluding hydrogens is 307 g/mol. The van der Waals surface area contributed by atoms with Crippen molar-refractivity contribution in [3.8, 4) is 0 Å². The number of amides is 1. The number of benzene rings is 1. The minimum atomic E-state index is -2.74. The van der Waals surface area contributed by atoms with Crippen molar-refractivity contribution >= 4 is 11.6 Å². The van der Waals surface area contributed by atoms with Gasteiger partial charge in [-0.1, -0.05) is 0 Å². The summed E-state index contributed by atoms with van der Waals surface area (Å²) in [6.07, 6.45) is -0.0321. The fourth-order valence-electron chi connectivity index (χ4n) is 2.51. The molecule has 0 spiro atoms. The summed E-state index contributed by atoms with van der Waals surface area (Å²) < 4.78 is 39.3. The molecule has 0 radical (unpaired) electrons. The van der Waals surface area contributed by atoms with E-state index in [2.05, 4.69) is 5.10 Å². The summed E-state index contributed by atoms with van der Waals surface area (Å²) in [6.45, 7) is 2.57. The average Bonchev–Trinajstić information content (AvgIpc) is 2.78. The normalized spacial score (nSPS) is 11.1. The van der Waals surface area contributed by atoms with Crippen LogP contribution in [0.4, 0.5) is 18.9 Å². The van der Waals surface area contributed by atoms with Crippen molar-refractivity contribution in [2.24, 2.45) is 0 Å². The van der Waals surface area contributed by atoms with Gasteiger partial charge in [0, 0.05) is 23.5 Å². The van der Waals surface area contributed by atoms with Gasteiger partial charge in [-0.15, -0.1) is 0 Å². The third-order valence-electron chi connectivity index (χ3n) is 3.74. The van der Waals surface area contributed by atoms with Crippen LogP contribution < -0.4 is 4.90 Å². The Kier molecular flexibility index (Phi) is 5.08. The Bertz CT molecular complexity index is 695. The van der Waals surface area contributed by atoms with Gasteiger partial charge in [-0.3, -0.25) is 4.79 Å². The molecule has 4 nitrogen and oxygen atoms in total. The molecule has 1 aromatic carbocycles. The van der Waals surface area contributed by atoms with Gasteiger partial charge in [-0.05, 0) is 45.0 Å². The van der Waals surface area contributed by atoms with Crippen molar-refractivity contribution in [3.63, 3.8) is 0 Å². The van der Waals surface area contributed by atoms with Crippen LogP contribution in [-0.2, 0) is 11.2 Å². The van der Waals surface area contributed by atoms with E-state index in [1.54, 1.807) is 13.8 Å². The van der Waals surface area contributed by atoms with E-state index < -0.39 is 6.55 Å². The molecule has 0 aliphatic heterocycles. The number of anilines is 1. The second-order valence-corrected chi connectivity index (χ2v) is 5.16. The van der Waals surface area contributed by atoms with Crippen LogP contribution in [-0.4, -0.2) is 22.2 Å². The number of alkyl halides is 2. The molecule has 23 heavy (non-hydrogen) atoms. The minimum Gasteiger partial charge on any atom is -0.312 e. The maximum Gasteiger partial charge on any atom is 0.333 e. The van der Waals surface area contributed by atoms with E-state index in [1.165, 1.54) is 36.1 Å². The molecule has 0 unspecified atom stereocenters. The number of aryl methyl sites for hydroxylation is 1. The van der Waals surface area contributed by atoms with Crippen LogP contribution in [0.1, 0.15) is 30.4 Å². The summed E-state index contributed by atoms with van der Waals surface area (Å²) in [6, 6.07) is 5.57. The van der Waals surface area contributed by atoms with E-state index in [0.29, 0.717) is 28.2 Å². The fourth-order valence-corrected chi connectivity index (χ4v) is 2.51. The summed E-state index contributed by atoms with van der Waals surface area (Å²) in [7, 11) is 0. The molecule has 124 valence electrons. The van der Waals surface area contributed by atoms with Gasteiger partial charge in [0.25, 0.3) is 0 Å². The van der Waals surface area contributed by atoms with E-state index in [9.17, 15) is 18.0 Å². The lowest BCUT2D eigenvalue weighted by Gasteiger charge is -2.21. The topological polar surface area (TPSA) is 38.1 Å². The van der Waals surface area contributed by atoms with Crippen LogP contribution in [0.5, 0.6) is 0 Å². The number of aromatic nitrogens is 2. The van der Waals surface area contributed by atoms with Crippen molar-refractivity contribution in [1.29, 1.82) is 0 Å². The first kappa shape index (κ1) is 17.1. The highest BCUT2D eigenvalue weighted by Crippen LogP contribution is 2.22. The maximum absolute atomic E-state index is 13.0. The van der Waals surface area contributed by atoms with Crippen LogP contribution in [0.3, 0.4) is 0 Å². The van der Waals surface area contributed by atoms with Gasteiger partial charge in [0.2, 0.25) is 5.91 Å². The van der Waals surface area contributed by atoms with Crippen LogP contribution >= 0.6 is 0 Å². The molecule has 1 heterocycles. The Labute approximate surface area is 132 Å². The molecule has 0 saturated carbocycles. The highest BCUT2D eigenvalue weighted by Gasteiger charge is 2.22. The van der Waals surface area contributed by atoms with Crippen molar-refractivity contribution in [2.75, 3.05) is 11.4 Å². The first-order chi connectivity index (χ1) is 10.8. The number of likely N-dealkylation sites (N-methyl/N-ethyl adjacent to an activating group) is 1. The fraction of sp³-hybridized carbons (Fsp3) is 0.375. The molecule has 0 bridgehead atoms. The van der Waals surface area contributed by atoms with Crippen LogP contribution in [0.2, 0.25) is 0 Å². The SMILES string of the molecule is CCN(C(=O)Cc1c(C)nn(C(F)F)c1C)c1ccc(F)cc1. The highest BCUT2D eigenvalue weighted by molar-refractivity contribution is 5.94.